The normalized spacial score (nSPS) is 12.9. The molecule has 2 aromatic rings. The van der Waals surface area contributed by atoms with Crippen LogP contribution in [0.1, 0.15) is 49.4 Å². The van der Waals surface area contributed by atoms with Crippen molar-refractivity contribution >= 4 is 11.8 Å². The molecule has 0 aliphatic carbocycles. The number of aryl methyl sites for hydroxylation is 2. The standard InChI is InChI=1S/C25H34N2O2/c1-6-20(4)26-25(29)21(5)27(15-14-22-10-8-7-9-11-22)24(28)17-23-16-18(2)12-13-19(23)3/h7-13,16,20-21H,6,14-15,17H2,1-5H3,(H,26,29)/t20-,21-/m0/s1. The molecule has 0 heterocycles. The average molecular weight is 395 g/mol. The Morgan fingerprint density at radius 3 is 2.38 bits per heavy atom. The molecule has 0 saturated carbocycles. The summed E-state index contributed by atoms with van der Waals surface area (Å²) in [5.74, 6) is -0.108. The third-order valence-corrected chi connectivity index (χ3v) is 5.50. The monoisotopic (exact) mass is 394 g/mol. The lowest BCUT2D eigenvalue weighted by molar-refractivity contribution is -0.139. The fourth-order valence-electron chi connectivity index (χ4n) is 3.29. The Kier molecular flexibility index (Phi) is 8.44. The number of nitrogens with zero attached hydrogens (tertiary/aromatic N) is 1. The van der Waals surface area contributed by atoms with Crippen LogP contribution < -0.4 is 5.32 Å². The van der Waals surface area contributed by atoms with Gasteiger partial charge in [-0.2, -0.15) is 0 Å². The molecule has 0 saturated heterocycles. The third-order valence-electron chi connectivity index (χ3n) is 5.50. The number of rotatable bonds is 9. The van der Waals surface area contributed by atoms with Crippen molar-refractivity contribution in [1.82, 2.24) is 10.2 Å². The van der Waals surface area contributed by atoms with Gasteiger partial charge in [0.1, 0.15) is 6.04 Å². The highest BCUT2D eigenvalue weighted by Crippen LogP contribution is 2.15. The Labute approximate surface area is 175 Å². The SMILES string of the molecule is CC[C@H](C)NC(=O)[C@H](C)N(CCc1ccccc1)C(=O)Cc1cc(C)ccc1C. The Hall–Kier alpha value is -2.62. The van der Waals surface area contributed by atoms with Crippen LogP contribution in [0, 0.1) is 13.8 Å². The molecular formula is C25H34N2O2. The summed E-state index contributed by atoms with van der Waals surface area (Å²) < 4.78 is 0. The van der Waals surface area contributed by atoms with Crippen LogP contribution in [0.3, 0.4) is 0 Å². The Morgan fingerprint density at radius 1 is 1.03 bits per heavy atom. The minimum Gasteiger partial charge on any atom is -0.352 e. The van der Waals surface area contributed by atoms with Gasteiger partial charge in [0, 0.05) is 12.6 Å². The number of hydrogen-bond acceptors (Lipinski definition) is 2. The molecule has 0 radical (unpaired) electrons. The van der Waals surface area contributed by atoms with Gasteiger partial charge in [0.05, 0.1) is 6.42 Å². The fraction of sp³-hybridized carbons (Fsp3) is 0.440. The molecule has 29 heavy (non-hydrogen) atoms. The highest BCUT2D eigenvalue weighted by molar-refractivity contribution is 5.88. The lowest BCUT2D eigenvalue weighted by atomic mass is 10.0. The average Bonchev–Trinajstić information content (AvgIpc) is 2.71. The van der Waals surface area contributed by atoms with Crippen molar-refractivity contribution in [2.75, 3.05) is 6.54 Å². The van der Waals surface area contributed by atoms with E-state index in [9.17, 15) is 9.59 Å². The minimum absolute atomic E-state index is 0.0126. The summed E-state index contributed by atoms with van der Waals surface area (Å²) in [6.45, 7) is 10.4. The van der Waals surface area contributed by atoms with Crippen LogP contribution in [0.15, 0.2) is 48.5 Å². The number of hydrogen-bond donors (Lipinski definition) is 1. The summed E-state index contributed by atoms with van der Waals surface area (Å²) in [4.78, 5) is 27.7. The van der Waals surface area contributed by atoms with Crippen molar-refractivity contribution < 1.29 is 9.59 Å². The van der Waals surface area contributed by atoms with E-state index < -0.39 is 6.04 Å². The maximum Gasteiger partial charge on any atom is 0.242 e. The minimum atomic E-state index is -0.509. The zero-order valence-electron chi connectivity index (χ0n) is 18.4. The van der Waals surface area contributed by atoms with E-state index >= 15 is 0 Å². The largest absolute Gasteiger partial charge is 0.352 e. The number of amides is 2. The number of carbonyl (C=O) groups is 2. The van der Waals surface area contributed by atoms with Gasteiger partial charge in [-0.05, 0) is 57.2 Å². The molecule has 2 amide bonds. The molecule has 2 aromatic carbocycles. The molecule has 1 N–H and O–H groups in total. The van der Waals surface area contributed by atoms with E-state index in [-0.39, 0.29) is 17.9 Å². The van der Waals surface area contributed by atoms with Crippen LogP contribution in [-0.2, 0) is 22.4 Å². The number of carbonyl (C=O) groups excluding carboxylic acids is 2. The fourth-order valence-corrected chi connectivity index (χ4v) is 3.29. The first kappa shape index (κ1) is 22.7. The maximum absolute atomic E-state index is 13.2. The molecule has 0 aromatic heterocycles. The topological polar surface area (TPSA) is 49.4 Å². The van der Waals surface area contributed by atoms with E-state index in [4.69, 9.17) is 0 Å². The number of nitrogens with one attached hydrogen (secondary N) is 1. The van der Waals surface area contributed by atoms with E-state index in [0.717, 1.165) is 35.1 Å². The molecule has 156 valence electrons. The molecule has 4 nitrogen and oxygen atoms in total. The zero-order valence-corrected chi connectivity index (χ0v) is 18.4. The summed E-state index contributed by atoms with van der Waals surface area (Å²) >= 11 is 0. The van der Waals surface area contributed by atoms with Gasteiger partial charge in [-0.25, -0.2) is 0 Å². The summed E-state index contributed by atoms with van der Waals surface area (Å²) in [6.07, 6.45) is 1.89. The van der Waals surface area contributed by atoms with Crippen LogP contribution in [0.25, 0.3) is 0 Å². The van der Waals surface area contributed by atoms with E-state index in [1.807, 2.05) is 58.9 Å². The number of benzene rings is 2. The maximum atomic E-state index is 13.2. The van der Waals surface area contributed by atoms with Gasteiger partial charge < -0.3 is 10.2 Å². The predicted molar refractivity (Wildman–Crippen MR) is 119 cm³/mol. The first-order valence-corrected chi connectivity index (χ1v) is 10.5. The molecule has 0 spiro atoms. The Bertz CT molecular complexity index is 817. The molecule has 0 bridgehead atoms. The smallest absolute Gasteiger partial charge is 0.242 e. The molecule has 2 atom stereocenters. The molecule has 0 unspecified atom stereocenters. The quantitative estimate of drug-likeness (QED) is 0.692. The van der Waals surface area contributed by atoms with E-state index in [2.05, 4.69) is 29.6 Å². The van der Waals surface area contributed by atoms with Gasteiger partial charge >= 0.3 is 0 Å². The lowest BCUT2D eigenvalue weighted by Gasteiger charge is -2.30. The Balaban J connectivity index is 2.18. The second-order valence-corrected chi connectivity index (χ2v) is 7.92. The molecule has 4 heteroatoms. The summed E-state index contributed by atoms with van der Waals surface area (Å²) in [5.41, 5.74) is 4.42. The molecule has 0 fully saturated rings. The highest BCUT2D eigenvalue weighted by atomic mass is 16.2. The Morgan fingerprint density at radius 2 is 1.72 bits per heavy atom. The van der Waals surface area contributed by atoms with Gasteiger partial charge in [0.25, 0.3) is 0 Å². The van der Waals surface area contributed by atoms with Crippen molar-refractivity contribution in [1.29, 1.82) is 0 Å². The highest BCUT2D eigenvalue weighted by Gasteiger charge is 2.26. The van der Waals surface area contributed by atoms with Crippen LogP contribution in [-0.4, -0.2) is 35.3 Å². The van der Waals surface area contributed by atoms with Crippen molar-refractivity contribution in [3.63, 3.8) is 0 Å². The van der Waals surface area contributed by atoms with Crippen LogP contribution in [0.4, 0.5) is 0 Å². The summed E-state index contributed by atoms with van der Waals surface area (Å²) in [5, 5.41) is 3.01. The second-order valence-electron chi connectivity index (χ2n) is 7.92. The van der Waals surface area contributed by atoms with Gasteiger partial charge in [0.2, 0.25) is 11.8 Å². The van der Waals surface area contributed by atoms with Gasteiger partial charge in [-0.15, -0.1) is 0 Å². The van der Waals surface area contributed by atoms with E-state index in [1.54, 1.807) is 4.90 Å². The summed E-state index contributed by atoms with van der Waals surface area (Å²) in [7, 11) is 0. The zero-order chi connectivity index (χ0) is 21.4. The van der Waals surface area contributed by atoms with Crippen LogP contribution in [0.5, 0.6) is 0 Å². The molecule has 2 rings (SSSR count). The summed E-state index contributed by atoms with van der Waals surface area (Å²) in [6, 6.07) is 15.8. The molecule has 0 aliphatic heterocycles. The van der Waals surface area contributed by atoms with Crippen LogP contribution >= 0.6 is 0 Å². The van der Waals surface area contributed by atoms with Gasteiger partial charge in [0.15, 0.2) is 0 Å². The lowest BCUT2D eigenvalue weighted by Crippen LogP contribution is -2.51. The van der Waals surface area contributed by atoms with Gasteiger partial charge in [-0.3, -0.25) is 9.59 Å². The molecule has 0 aliphatic rings. The second kappa shape index (κ2) is 10.8. The van der Waals surface area contributed by atoms with Crippen molar-refractivity contribution in [2.45, 2.75) is 66.0 Å². The first-order chi connectivity index (χ1) is 13.8. The van der Waals surface area contributed by atoms with E-state index in [1.165, 1.54) is 0 Å². The predicted octanol–water partition coefficient (Wildman–Crippen LogP) is 4.22. The van der Waals surface area contributed by atoms with Crippen molar-refractivity contribution in [2.24, 2.45) is 0 Å². The van der Waals surface area contributed by atoms with Gasteiger partial charge in [-0.1, -0.05) is 61.0 Å². The van der Waals surface area contributed by atoms with Crippen LogP contribution in [0.2, 0.25) is 0 Å². The van der Waals surface area contributed by atoms with Crippen molar-refractivity contribution in [3.05, 3.63) is 70.8 Å². The first-order valence-electron chi connectivity index (χ1n) is 10.5. The van der Waals surface area contributed by atoms with Crippen molar-refractivity contribution in [3.8, 4) is 0 Å². The van der Waals surface area contributed by atoms with E-state index in [0.29, 0.717) is 13.0 Å². The molecular weight excluding hydrogens is 360 g/mol. The third kappa shape index (κ3) is 6.74.